The Bertz CT molecular complexity index is 397. The van der Waals surface area contributed by atoms with E-state index < -0.39 is 0 Å². The van der Waals surface area contributed by atoms with Crippen molar-refractivity contribution in [2.75, 3.05) is 14.2 Å². The summed E-state index contributed by atoms with van der Waals surface area (Å²) in [7, 11) is 3.13. The Balaban J connectivity index is 2.19. The van der Waals surface area contributed by atoms with Crippen LogP contribution in [0.25, 0.3) is 0 Å². The van der Waals surface area contributed by atoms with Crippen LogP contribution in [-0.2, 0) is 9.53 Å². The van der Waals surface area contributed by atoms with Gasteiger partial charge in [-0.2, -0.15) is 0 Å². The fourth-order valence-corrected chi connectivity index (χ4v) is 2.81. The minimum absolute atomic E-state index is 0.0112. The minimum atomic E-state index is -0.0736. The molecule has 2 rings (SSSR count). The van der Waals surface area contributed by atoms with Crippen LogP contribution in [0, 0.1) is 5.92 Å². The second-order valence-electron chi connectivity index (χ2n) is 4.79. The molecule has 1 aromatic rings. The Morgan fingerprint density at radius 2 is 1.78 bits per heavy atom. The van der Waals surface area contributed by atoms with Crippen LogP contribution in [0.3, 0.4) is 0 Å². The van der Waals surface area contributed by atoms with Gasteiger partial charge >= 0.3 is 5.97 Å². The zero-order valence-corrected chi connectivity index (χ0v) is 11.0. The molecule has 1 aliphatic rings. The summed E-state index contributed by atoms with van der Waals surface area (Å²) in [6.07, 6.45) is 4.30. The molecule has 0 radical (unpaired) electrons. The van der Waals surface area contributed by atoms with E-state index in [-0.39, 0.29) is 17.8 Å². The van der Waals surface area contributed by atoms with Gasteiger partial charge in [-0.25, -0.2) is 0 Å². The Hall–Kier alpha value is -1.51. The van der Waals surface area contributed by atoms with Gasteiger partial charge in [0, 0.05) is 0 Å². The molecule has 0 aliphatic heterocycles. The molecule has 98 valence electrons. The van der Waals surface area contributed by atoms with Gasteiger partial charge in [0.2, 0.25) is 0 Å². The number of methoxy groups -OCH3 is 2. The Labute approximate surface area is 108 Å². The van der Waals surface area contributed by atoms with Crippen molar-refractivity contribution in [3.63, 3.8) is 0 Å². The van der Waals surface area contributed by atoms with E-state index in [2.05, 4.69) is 12.1 Å². The van der Waals surface area contributed by atoms with Crippen LogP contribution >= 0.6 is 0 Å². The van der Waals surface area contributed by atoms with Crippen molar-refractivity contribution in [3.8, 4) is 5.75 Å². The van der Waals surface area contributed by atoms with Gasteiger partial charge in [-0.15, -0.1) is 0 Å². The second kappa shape index (κ2) is 5.89. The van der Waals surface area contributed by atoms with E-state index >= 15 is 0 Å². The van der Waals surface area contributed by atoms with Crippen LogP contribution in [0.15, 0.2) is 24.3 Å². The van der Waals surface area contributed by atoms with Crippen molar-refractivity contribution >= 4 is 5.97 Å². The molecule has 0 saturated heterocycles. The summed E-state index contributed by atoms with van der Waals surface area (Å²) in [6, 6.07) is 8.03. The van der Waals surface area contributed by atoms with Crippen molar-refractivity contribution in [2.45, 2.75) is 31.6 Å². The summed E-state index contributed by atoms with van der Waals surface area (Å²) in [6.45, 7) is 0. The van der Waals surface area contributed by atoms with E-state index in [0.717, 1.165) is 25.0 Å². The molecule has 3 nitrogen and oxygen atoms in total. The number of rotatable bonds is 3. The Morgan fingerprint density at radius 3 is 2.39 bits per heavy atom. The van der Waals surface area contributed by atoms with Crippen molar-refractivity contribution in [1.29, 1.82) is 0 Å². The highest BCUT2D eigenvalue weighted by Crippen LogP contribution is 2.38. The fourth-order valence-electron chi connectivity index (χ4n) is 2.81. The summed E-state index contributed by atoms with van der Waals surface area (Å²) in [5.74, 6) is 1.08. The minimum Gasteiger partial charge on any atom is -0.497 e. The highest BCUT2D eigenvalue weighted by Gasteiger charge is 2.32. The van der Waals surface area contributed by atoms with Crippen molar-refractivity contribution in [2.24, 2.45) is 5.92 Å². The van der Waals surface area contributed by atoms with E-state index in [4.69, 9.17) is 9.47 Å². The second-order valence-corrected chi connectivity index (χ2v) is 4.79. The monoisotopic (exact) mass is 248 g/mol. The first-order chi connectivity index (χ1) is 8.76. The van der Waals surface area contributed by atoms with Crippen molar-refractivity contribution in [3.05, 3.63) is 29.8 Å². The first-order valence-corrected chi connectivity index (χ1v) is 6.48. The summed E-state index contributed by atoms with van der Waals surface area (Å²) in [5, 5.41) is 0. The highest BCUT2D eigenvalue weighted by atomic mass is 16.5. The predicted molar refractivity (Wildman–Crippen MR) is 69.7 cm³/mol. The molecule has 3 heteroatoms. The predicted octanol–water partition coefficient (Wildman–Crippen LogP) is 3.14. The lowest BCUT2D eigenvalue weighted by Gasteiger charge is -2.29. The first kappa shape index (κ1) is 12.9. The number of esters is 1. The molecule has 2 atom stereocenters. The van der Waals surface area contributed by atoms with Crippen LogP contribution in [0.1, 0.15) is 37.2 Å². The number of benzene rings is 1. The van der Waals surface area contributed by atoms with Crippen LogP contribution < -0.4 is 4.74 Å². The Kier molecular flexibility index (Phi) is 4.24. The van der Waals surface area contributed by atoms with E-state index in [1.54, 1.807) is 7.11 Å². The fraction of sp³-hybridized carbons (Fsp3) is 0.533. The lowest BCUT2D eigenvalue weighted by Crippen LogP contribution is -2.26. The SMILES string of the molecule is COC(=O)[C@H]1CCCC[C@H]1c1ccc(OC)cc1. The normalized spacial score (nSPS) is 23.4. The average molecular weight is 248 g/mol. The molecule has 1 fully saturated rings. The topological polar surface area (TPSA) is 35.5 Å². The molecule has 0 aromatic heterocycles. The van der Waals surface area contributed by atoms with Crippen molar-refractivity contribution < 1.29 is 14.3 Å². The van der Waals surface area contributed by atoms with Gasteiger partial charge in [0.15, 0.2) is 0 Å². The highest BCUT2D eigenvalue weighted by molar-refractivity contribution is 5.73. The average Bonchev–Trinajstić information content (AvgIpc) is 2.46. The molecule has 0 heterocycles. The van der Waals surface area contributed by atoms with Gasteiger partial charge < -0.3 is 9.47 Å². The van der Waals surface area contributed by atoms with Crippen LogP contribution in [0.4, 0.5) is 0 Å². The van der Waals surface area contributed by atoms with Gasteiger partial charge in [0.25, 0.3) is 0 Å². The quantitative estimate of drug-likeness (QED) is 0.771. The lowest BCUT2D eigenvalue weighted by atomic mass is 9.75. The summed E-state index contributed by atoms with van der Waals surface area (Å²) >= 11 is 0. The largest absolute Gasteiger partial charge is 0.497 e. The molecule has 0 bridgehead atoms. The maximum Gasteiger partial charge on any atom is 0.309 e. The summed E-state index contributed by atoms with van der Waals surface area (Å²) in [4.78, 5) is 11.8. The third kappa shape index (κ3) is 2.66. The number of hydrogen-bond donors (Lipinski definition) is 0. The molecule has 1 aromatic carbocycles. The molecule has 1 saturated carbocycles. The van der Waals surface area contributed by atoms with Gasteiger partial charge in [0.05, 0.1) is 20.1 Å². The number of carbonyl (C=O) groups is 1. The van der Waals surface area contributed by atoms with E-state index in [1.807, 2.05) is 12.1 Å². The van der Waals surface area contributed by atoms with Crippen molar-refractivity contribution in [1.82, 2.24) is 0 Å². The zero-order valence-electron chi connectivity index (χ0n) is 11.0. The van der Waals surface area contributed by atoms with Crippen LogP contribution in [-0.4, -0.2) is 20.2 Å². The third-order valence-electron chi connectivity index (χ3n) is 3.81. The zero-order chi connectivity index (χ0) is 13.0. The third-order valence-corrected chi connectivity index (χ3v) is 3.81. The van der Waals surface area contributed by atoms with Crippen LogP contribution in [0.2, 0.25) is 0 Å². The molecule has 1 aliphatic carbocycles. The van der Waals surface area contributed by atoms with E-state index in [9.17, 15) is 4.79 Å². The van der Waals surface area contributed by atoms with E-state index in [0.29, 0.717) is 0 Å². The first-order valence-electron chi connectivity index (χ1n) is 6.48. The smallest absolute Gasteiger partial charge is 0.309 e. The molecule has 0 unspecified atom stereocenters. The number of hydrogen-bond acceptors (Lipinski definition) is 3. The van der Waals surface area contributed by atoms with Gasteiger partial charge in [-0.3, -0.25) is 4.79 Å². The molecular formula is C15H20O3. The van der Waals surface area contributed by atoms with Crippen LogP contribution in [0.5, 0.6) is 5.75 Å². The molecule has 0 spiro atoms. The van der Waals surface area contributed by atoms with Gasteiger partial charge in [-0.05, 0) is 36.5 Å². The lowest BCUT2D eigenvalue weighted by molar-refractivity contribution is -0.147. The maximum absolute atomic E-state index is 11.8. The number of carbonyl (C=O) groups excluding carboxylic acids is 1. The van der Waals surface area contributed by atoms with Gasteiger partial charge in [-0.1, -0.05) is 25.0 Å². The van der Waals surface area contributed by atoms with Gasteiger partial charge in [0.1, 0.15) is 5.75 Å². The maximum atomic E-state index is 11.8. The standard InChI is InChI=1S/C15H20O3/c1-17-12-9-7-11(8-10-12)13-5-3-4-6-14(13)15(16)18-2/h7-10,13-14H,3-6H2,1-2H3/t13-,14-/m0/s1. The summed E-state index contributed by atoms with van der Waals surface area (Å²) in [5.41, 5.74) is 1.21. The molecule has 0 amide bonds. The molecule has 18 heavy (non-hydrogen) atoms. The summed E-state index contributed by atoms with van der Waals surface area (Å²) < 4.78 is 10.1. The Morgan fingerprint density at radius 1 is 1.11 bits per heavy atom. The molecule has 0 N–H and O–H groups in total. The van der Waals surface area contributed by atoms with E-state index in [1.165, 1.54) is 19.1 Å². The number of ether oxygens (including phenoxy) is 2. The molecular weight excluding hydrogens is 228 g/mol.